The van der Waals surface area contributed by atoms with Crippen LogP contribution < -0.4 is 11.1 Å². The average Bonchev–Trinajstić information content (AvgIpc) is 2.46. The van der Waals surface area contributed by atoms with Gasteiger partial charge in [-0.25, -0.2) is 4.98 Å². The highest BCUT2D eigenvalue weighted by molar-refractivity contribution is 5.95. The molecule has 0 aliphatic rings. The van der Waals surface area contributed by atoms with E-state index in [9.17, 15) is 4.79 Å². The number of nitrogens with zero attached hydrogens (tertiary/aromatic N) is 2. The lowest BCUT2D eigenvalue weighted by molar-refractivity contribution is 0.0950. The summed E-state index contributed by atoms with van der Waals surface area (Å²) in [6.07, 6.45) is 0.288. The molecule has 19 heavy (non-hydrogen) atoms. The minimum atomic E-state index is -0.281. The van der Waals surface area contributed by atoms with Crippen molar-refractivity contribution in [2.24, 2.45) is 10.9 Å². The van der Waals surface area contributed by atoms with E-state index in [4.69, 9.17) is 10.9 Å². The highest BCUT2D eigenvalue weighted by Crippen LogP contribution is 2.11. The molecule has 98 valence electrons. The van der Waals surface area contributed by atoms with Gasteiger partial charge in [-0.05, 0) is 12.1 Å². The molecule has 0 aliphatic heterocycles. The number of rotatable bonds is 4. The van der Waals surface area contributed by atoms with Crippen LogP contribution in [0.25, 0.3) is 10.9 Å². The molecule has 0 fully saturated rings. The van der Waals surface area contributed by atoms with Crippen molar-refractivity contribution in [3.8, 4) is 0 Å². The summed E-state index contributed by atoms with van der Waals surface area (Å²) in [4.78, 5) is 16.1. The zero-order valence-electron chi connectivity index (χ0n) is 10.2. The Kier molecular flexibility index (Phi) is 3.92. The van der Waals surface area contributed by atoms with E-state index in [1.54, 1.807) is 6.07 Å². The van der Waals surface area contributed by atoms with Crippen LogP contribution in [0.1, 0.15) is 16.9 Å². The lowest BCUT2D eigenvalue weighted by Gasteiger charge is -2.05. The quantitative estimate of drug-likeness (QED) is 0.331. The summed E-state index contributed by atoms with van der Waals surface area (Å²) in [5.74, 6) is -0.205. The van der Waals surface area contributed by atoms with Gasteiger partial charge in [0.05, 0.1) is 5.52 Å². The predicted molar refractivity (Wildman–Crippen MR) is 72.1 cm³/mol. The molecule has 1 aromatic carbocycles. The summed E-state index contributed by atoms with van der Waals surface area (Å²) >= 11 is 0. The highest BCUT2D eigenvalue weighted by atomic mass is 16.4. The van der Waals surface area contributed by atoms with Crippen molar-refractivity contribution in [1.29, 1.82) is 0 Å². The topological polar surface area (TPSA) is 101 Å². The number of nitrogens with one attached hydrogen (secondary N) is 1. The molecular weight excluding hydrogens is 244 g/mol. The third kappa shape index (κ3) is 3.19. The molecular formula is C13H14N4O2. The number of benzene rings is 1. The van der Waals surface area contributed by atoms with E-state index >= 15 is 0 Å². The predicted octanol–water partition coefficient (Wildman–Crippen LogP) is 1.10. The number of pyridine rings is 1. The lowest BCUT2D eigenvalue weighted by atomic mass is 10.2. The van der Waals surface area contributed by atoms with E-state index in [1.807, 2.05) is 30.3 Å². The van der Waals surface area contributed by atoms with Crippen molar-refractivity contribution in [2.45, 2.75) is 6.42 Å². The summed E-state index contributed by atoms with van der Waals surface area (Å²) in [7, 11) is 0. The Hall–Kier alpha value is -2.63. The molecule has 4 N–H and O–H groups in total. The SMILES string of the molecule is NC(CCNC(=O)c1ccc2ccccc2n1)=NO. The van der Waals surface area contributed by atoms with E-state index in [2.05, 4.69) is 15.5 Å². The molecule has 1 aromatic heterocycles. The molecule has 6 heteroatoms. The third-order valence-electron chi connectivity index (χ3n) is 2.63. The normalized spacial score (nSPS) is 11.5. The molecule has 0 unspecified atom stereocenters. The van der Waals surface area contributed by atoms with E-state index in [0.29, 0.717) is 12.2 Å². The summed E-state index contributed by atoms with van der Waals surface area (Å²) < 4.78 is 0. The number of carbonyl (C=O) groups is 1. The van der Waals surface area contributed by atoms with Crippen LogP contribution in [0.5, 0.6) is 0 Å². The van der Waals surface area contributed by atoms with Crippen LogP contribution in [0.4, 0.5) is 0 Å². The van der Waals surface area contributed by atoms with E-state index in [1.165, 1.54) is 0 Å². The maximum absolute atomic E-state index is 11.8. The first-order chi connectivity index (χ1) is 9.20. The second kappa shape index (κ2) is 5.81. The van der Waals surface area contributed by atoms with Gasteiger partial charge in [0.15, 0.2) is 0 Å². The average molecular weight is 258 g/mol. The summed E-state index contributed by atoms with van der Waals surface area (Å²) in [6.45, 7) is 0.295. The monoisotopic (exact) mass is 258 g/mol. The largest absolute Gasteiger partial charge is 0.409 e. The molecule has 1 amide bonds. The molecule has 0 aliphatic carbocycles. The van der Waals surface area contributed by atoms with E-state index in [-0.39, 0.29) is 18.2 Å². The van der Waals surface area contributed by atoms with Gasteiger partial charge in [-0.3, -0.25) is 4.79 Å². The second-order valence-corrected chi connectivity index (χ2v) is 3.99. The van der Waals surface area contributed by atoms with Gasteiger partial charge in [0.25, 0.3) is 5.91 Å². The fraction of sp³-hybridized carbons (Fsp3) is 0.154. The van der Waals surface area contributed by atoms with Crippen LogP contribution in [0.15, 0.2) is 41.6 Å². The Labute approximate surface area is 109 Å². The Morgan fingerprint density at radius 2 is 2.11 bits per heavy atom. The minimum absolute atomic E-state index is 0.0757. The van der Waals surface area contributed by atoms with Crippen molar-refractivity contribution in [1.82, 2.24) is 10.3 Å². The summed E-state index contributed by atoms with van der Waals surface area (Å²) in [6, 6.07) is 11.1. The van der Waals surface area contributed by atoms with Crippen molar-refractivity contribution < 1.29 is 10.0 Å². The van der Waals surface area contributed by atoms with Gasteiger partial charge in [-0.1, -0.05) is 29.4 Å². The molecule has 0 spiro atoms. The number of fused-ring (bicyclic) bond motifs is 1. The molecule has 2 rings (SSSR count). The number of amides is 1. The van der Waals surface area contributed by atoms with Crippen LogP contribution in [0.2, 0.25) is 0 Å². The number of nitrogens with two attached hydrogens (primary N) is 1. The van der Waals surface area contributed by atoms with Gasteiger partial charge in [0.1, 0.15) is 11.5 Å². The van der Waals surface area contributed by atoms with Crippen LogP contribution in [0, 0.1) is 0 Å². The maximum Gasteiger partial charge on any atom is 0.269 e. The van der Waals surface area contributed by atoms with Gasteiger partial charge >= 0.3 is 0 Å². The smallest absolute Gasteiger partial charge is 0.269 e. The second-order valence-electron chi connectivity index (χ2n) is 3.99. The zero-order valence-corrected chi connectivity index (χ0v) is 10.2. The fourth-order valence-corrected chi connectivity index (χ4v) is 1.64. The first-order valence-electron chi connectivity index (χ1n) is 5.81. The first-order valence-corrected chi connectivity index (χ1v) is 5.81. The Balaban J connectivity index is 2.05. The molecule has 6 nitrogen and oxygen atoms in total. The number of aromatic nitrogens is 1. The van der Waals surface area contributed by atoms with Gasteiger partial charge in [-0.2, -0.15) is 0 Å². The molecule has 0 radical (unpaired) electrons. The molecule has 0 saturated carbocycles. The van der Waals surface area contributed by atoms with Crippen LogP contribution in [0.3, 0.4) is 0 Å². The molecule has 0 bridgehead atoms. The molecule has 0 atom stereocenters. The molecule has 1 heterocycles. The van der Waals surface area contributed by atoms with E-state index < -0.39 is 0 Å². The first kappa shape index (κ1) is 12.8. The van der Waals surface area contributed by atoms with Gasteiger partial charge in [-0.15, -0.1) is 0 Å². The van der Waals surface area contributed by atoms with Crippen molar-refractivity contribution in [3.05, 3.63) is 42.1 Å². The standard InChI is InChI=1S/C13H14N4O2/c14-12(17-19)7-8-15-13(18)11-6-5-9-3-1-2-4-10(9)16-11/h1-6,19H,7-8H2,(H2,14,17)(H,15,18). The zero-order chi connectivity index (χ0) is 13.7. The van der Waals surface area contributed by atoms with Gasteiger partial charge < -0.3 is 16.3 Å². The fourth-order valence-electron chi connectivity index (χ4n) is 1.64. The number of para-hydroxylation sites is 1. The van der Waals surface area contributed by atoms with Gasteiger partial charge in [0, 0.05) is 18.4 Å². The number of oxime groups is 1. The maximum atomic E-state index is 11.8. The van der Waals surface area contributed by atoms with Crippen LogP contribution >= 0.6 is 0 Å². The van der Waals surface area contributed by atoms with Gasteiger partial charge in [0.2, 0.25) is 0 Å². The highest BCUT2D eigenvalue weighted by Gasteiger charge is 2.07. The Bertz CT molecular complexity index is 625. The number of amidine groups is 1. The van der Waals surface area contributed by atoms with Crippen LogP contribution in [-0.4, -0.2) is 28.5 Å². The number of hydrogen-bond donors (Lipinski definition) is 3. The Morgan fingerprint density at radius 1 is 1.32 bits per heavy atom. The molecule has 0 saturated heterocycles. The van der Waals surface area contributed by atoms with Crippen molar-refractivity contribution in [2.75, 3.05) is 6.54 Å². The summed E-state index contributed by atoms with van der Waals surface area (Å²) in [5.41, 5.74) is 6.42. The lowest BCUT2D eigenvalue weighted by Crippen LogP contribution is -2.28. The minimum Gasteiger partial charge on any atom is -0.409 e. The number of hydrogen-bond acceptors (Lipinski definition) is 4. The number of carbonyl (C=O) groups excluding carboxylic acids is 1. The van der Waals surface area contributed by atoms with Crippen molar-refractivity contribution >= 4 is 22.6 Å². The van der Waals surface area contributed by atoms with E-state index in [0.717, 1.165) is 10.9 Å². The molecule has 2 aromatic rings. The van der Waals surface area contributed by atoms with Crippen LogP contribution in [-0.2, 0) is 0 Å². The summed E-state index contributed by atoms with van der Waals surface area (Å²) in [5, 5.41) is 14.8. The Morgan fingerprint density at radius 3 is 2.89 bits per heavy atom. The third-order valence-corrected chi connectivity index (χ3v) is 2.63. The van der Waals surface area contributed by atoms with Crippen molar-refractivity contribution in [3.63, 3.8) is 0 Å².